The minimum Gasteiger partial charge on any atom is -0.396 e. The molecule has 0 saturated heterocycles. The molecule has 0 aliphatic heterocycles. The highest BCUT2D eigenvalue weighted by molar-refractivity contribution is 9.10. The molecule has 76 valence electrons. The molecule has 14 heavy (non-hydrogen) atoms. The topological polar surface area (TPSA) is 43.1 Å². The van der Waals surface area contributed by atoms with Crippen molar-refractivity contribution in [3.63, 3.8) is 0 Å². The number of ketones is 1. The summed E-state index contributed by atoms with van der Waals surface area (Å²) >= 11 is 14.8. The van der Waals surface area contributed by atoms with Gasteiger partial charge >= 0.3 is 0 Å². The van der Waals surface area contributed by atoms with Gasteiger partial charge in [-0.2, -0.15) is 0 Å². The maximum atomic E-state index is 11.6. The minimum atomic E-state index is -0.266. The van der Waals surface area contributed by atoms with E-state index >= 15 is 0 Å². The monoisotopic (exact) mass is 295 g/mol. The molecule has 0 spiro atoms. The molecule has 1 aromatic carbocycles. The fourth-order valence-electron chi connectivity index (χ4n) is 0.956. The molecule has 0 saturated carbocycles. The molecule has 0 bridgehead atoms. The van der Waals surface area contributed by atoms with Gasteiger partial charge in [-0.3, -0.25) is 4.79 Å². The van der Waals surface area contributed by atoms with Gasteiger partial charge in [0.15, 0.2) is 5.78 Å². The molecule has 0 radical (unpaired) electrons. The number of rotatable bonds is 2. The predicted octanol–water partition coefficient (Wildman–Crippen LogP) is 3.54. The molecule has 0 amide bonds. The summed E-state index contributed by atoms with van der Waals surface area (Å²) in [6.45, 7) is 1.74. The largest absolute Gasteiger partial charge is 0.396 e. The molecule has 0 fully saturated rings. The molecule has 0 aliphatic rings. The van der Waals surface area contributed by atoms with E-state index in [0.717, 1.165) is 0 Å². The van der Waals surface area contributed by atoms with Crippen LogP contribution in [0.3, 0.4) is 0 Å². The van der Waals surface area contributed by atoms with Crippen LogP contribution in [0.15, 0.2) is 12.1 Å². The smallest absolute Gasteiger partial charge is 0.176 e. The molecular weight excluding hydrogens is 289 g/mol. The lowest BCUT2D eigenvalue weighted by Gasteiger charge is -2.06. The Balaban J connectivity index is 3.19. The lowest BCUT2D eigenvalue weighted by Crippen LogP contribution is -2.10. The van der Waals surface area contributed by atoms with Gasteiger partial charge in [0, 0.05) is 5.56 Å². The Morgan fingerprint density at radius 3 is 2.21 bits per heavy atom. The Hall–Kier alpha value is -0.250. The van der Waals surface area contributed by atoms with Crippen LogP contribution >= 0.6 is 39.1 Å². The third-order valence-corrected chi connectivity index (χ3v) is 2.77. The van der Waals surface area contributed by atoms with Crippen LogP contribution in [0.1, 0.15) is 17.3 Å². The van der Waals surface area contributed by atoms with E-state index in [1.807, 2.05) is 0 Å². The number of carbonyl (C=O) groups is 1. The number of anilines is 1. The van der Waals surface area contributed by atoms with Crippen LogP contribution in [0.25, 0.3) is 0 Å². The van der Waals surface area contributed by atoms with Crippen molar-refractivity contribution in [1.29, 1.82) is 0 Å². The summed E-state index contributed by atoms with van der Waals surface area (Å²) in [6.07, 6.45) is 0. The summed E-state index contributed by atoms with van der Waals surface area (Å²) in [5.74, 6) is -0.0752. The Morgan fingerprint density at radius 1 is 1.43 bits per heavy atom. The standard InChI is InChI=1S/C9H8BrCl2NO/c1-4(10)9(14)5-2-6(11)8(13)7(12)3-5/h2-4H,13H2,1H3. The highest BCUT2D eigenvalue weighted by Gasteiger charge is 2.14. The number of hydrogen-bond acceptors (Lipinski definition) is 2. The van der Waals surface area contributed by atoms with E-state index in [4.69, 9.17) is 28.9 Å². The molecule has 0 aromatic heterocycles. The van der Waals surface area contributed by atoms with Crippen LogP contribution in [0.4, 0.5) is 5.69 Å². The van der Waals surface area contributed by atoms with Gasteiger partial charge in [-0.05, 0) is 19.1 Å². The molecule has 1 atom stereocenters. The quantitative estimate of drug-likeness (QED) is 0.515. The zero-order valence-electron chi connectivity index (χ0n) is 7.35. The van der Waals surface area contributed by atoms with E-state index in [0.29, 0.717) is 21.3 Å². The first-order valence-corrected chi connectivity index (χ1v) is 5.53. The number of nitrogens with two attached hydrogens (primary N) is 1. The number of carbonyl (C=O) groups excluding carboxylic acids is 1. The third-order valence-electron chi connectivity index (χ3n) is 1.72. The van der Waals surface area contributed by atoms with Crippen molar-refractivity contribution in [3.05, 3.63) is 27.7 Å². The van der Waals surface area contributed by atoms with Crippen molar-refractivity contribution in [2.24, 2.45) is 0 Å². The summed E-state index contributed by atoms with van der Waals surface area (Å²) in [6, 6.07) is 3.03. The second-order valence-corrected chi connectivity index (χ2v) is 5.02. The van der Waals surface area contributed by atoms with Crippen LogP contribution in [0.2, 0.25) is 10.0 Å². The van der Waals surface area contributed by atoms with Crippen LogP contribution in [0.5, 0.6) is 0 Å². The van der Waals surface area contributed by atoms with Gasteiger partial charge in [0.2, 0.25) is 0 Å². The Kier molecular flexibility index (Phi) is 3.81. The van der Waals surface area contributed by atoms with E-state index in [9.17, 15) is 4.79 Å². The van der Waals surface area contributed by atoms with Gasteiger partial charge in [-0.25, -0.2) is 0 Å². The summed E-state index contributed by atoms with van der Waals surface area (Å²) in [7, 11) is 0. The summed E-state index contributed by atoms with van der Waals surface area (Å²) < 4.78 is 0. The fourth-order valence-corrected chi connectivity index (χ4v) is 1.71. The predicted molar refractivity (Wildman–Crippen MR) is 63.6 cm³/mol. The van der Waals surface area contributed by atoms with Crippen molar-refractivity contribution in [1.82, 2.24) is 0 Å². The van der Waals surface area contributed by atoms with Crippen LogP contribution in [-0.4, -0.2) is 10.6 Å². The van der Waals surface area contributed by atoms with Crippen molar-refractivity contribution >= 4 is 50.6 Å². The molecule has 5 heteroatoms. The maximum absolute atomic E-state index is 11.6. The van der Waals surface area contributed by atoms with Gasteiger partial charge < -0.3 is 5.73 Å². The lowest BCUT2D eigenvalue weighted by molar-refractivity contribution is 0.0996. The number of alkyl halides is 1. The number of Topliss-reactive ketones (excluding diaryl/α,β-unsaturated/α-hetero) is 1. The molecule has 1 rings (SSSR count). The summed E-state index contributed by atoms with van der Waals surface area (Å²) in [5, 5.41) is 0.600. The first-order valence-electron chi connectivity index (χ1n) is 3.86. The minimum absolute atomic E-state index is 0.0752. The highest BCUT2D eigenvalue weighted by atomic mass is 79.9. The average molecular weight is 297 g/mol. The number of benzene rings is 1. The molecule has 1 aromatic rings. The van der Waals surface area contributed by atoms with Gasteiger partial charge in [0.25, 0.3) is 0 Å². The van der Waals surface area contributed by atoms with Crippen molar-refractivity contribution < 1.29 is 4.79 Å². The second kappa shape index (κ2) is 4.51. The fraction of sp³-hybridized carbons (Fsp3) is 0.222. The van der Waals surface area contributed by atoms with Crippen LogP contribution < -0.4 is 5.73 Å². The van der Waals surface area contributed by atoms with Gasteiger partial charge in [0.1, 0.15) is 0 Å². The van der Waals surface area contributed by atoms with Crippen molar-refractivity contribution in [3.8, 4) is 0 Å². The Bertz CT molecular complexity index is 356. The third kappa shape index (κ3) is 2.41. The van der Waals surface area contributed by atoms with Gasteiger partial charge in [-0.15, -0.1) is 0 Å². The Labute approximate surface area is 101 Å². The molecule has 1 unspecified atom stereocenters. The van der Waals surface area contributed by atoms with E-state index in [1.165, 1.54) is 12.1 Å². The zero-order chi connectivity index (χ0) is 10.9. The maximum Gasteiger partial charge on any atom is 0.176 e. The number of hydrogen-bond donors (Lipinski definition) is 1. The molecule has 0 heterocycles. The van der Waals surface area contributed by atoms with E-state index < -0.39 is 0 Å². The summed E-state index contributed by atoms with van der Waals surface area (Å²) in [4.78, 5) is 11.3. The van der Waals surface area contributed by atoms with E-state index in [-0.39, 0.29) is 10.6 Å². The molecule has 2 nitrogen and oxygen atoms in total. The van der Waals surface area contributed by atoms with E-state index in [1.54, 1.807) is 6.92 Å². The van der Waals surface area contributed by atoms with Crippen molar-refractivity contribution in [2.45, 2.75) is 11.8 Å². The van der Waals surface area contributed by atoms with Crippen molar-refractivity contribution in [2.75, 3.05) is 5.73 Å². The number of nitrogen functional groups attached to an aromatic ring is 1. The lowest BCUT2D eigenvalue weighted by atomic mass is 10.1. The molecule has 2 N–H and O–H groups in total. The van der Waals surface area contributed by atoms with Gasteiger partial charge in [-0.1, -0.05) is 39.1 Å². The van der Waals surface area contributed by atoms with Crippen LogP contribution in [-0.2, 0) is 0 Å². The average Bonchev–Trinajstić information content (AvgIpc) is 2.12. The summed E-state index contributed by atoms with van der Waals surface area (Å²) in [5.41, 5.74) is 6.30. The molecular formula is C9H8BrCl2NO. The number of halogens is 3. The van der Waals surface area contributed by atoms with E-state index in [2.05, 4.69) is 15.9 Å². The molecule has 0 aliphatic carbocycles. The zero-order valence-corrected chi connectivity index (χ0v) is 10.4. The normalized spacial score (nSPS) is 12.6. The highest BCUT2D eigenvalue weighted by Crippen LogP contribution is 2.29. The SMILES string of the molecule is CC(Br)C(=O)c1cc(Cl)c(N)c(Cl)c1. The van der Waals surface area contributed by atoms with Gasteiger partial charge in [0.05, 0.1) is 20.6 Å². The van der Waals surface area contributed by atoms with Crippen LogP contribution in [0, 0.1) is 0 Å². The Morgan fingerprint density at radius 2 is 1.86 bits per heavy atom. The second-order valence-electron chi connectivity index (χ2n) is 2.83. The first-order chi connectivity index (χ1) is 6.43. The first kappa shape index (κ1) is 11.8.